The van der Waals surface area contributed by atoms with E-state index < -0.39 is 0 Å². The van der Waals surface area contributed by atoms with E-state index in [9.17, 15) is 0 Å². The van der Waals surface area contributed by atoms with E-state index in [0.717, 1.165) is 17.1 Å². The maximum Gasteiger partial charge on any atom is 0.103 e. The lowest BCUT2D eigenvalue weighted by molar-refractivity contribution is 0.355. The Morgan fingerprint density at radius 1 is 1.42 bits per heavy atom. The fourth-order valence-electron chi connectivity index (χ4n) is 1.16. The lowest BCUT2D eigenvalue weighted by Gasteiger charge is -2.33. The molecule has 1 heterocycles. The summed E-state index contributed by atoms with van der Waals surface area (Å²) in [5.41, 5.74) is 2.10. The fraction of sp³-hybridized carbons (Fsp3) is 0.400. The van der Waals surface area contributed by atoms with Crippen molar-refractivity contribution in [2.24, 2.45) is 0 Å². The SMILES string of the molecule is C=C1NC(=C)N(C(C)C)C=C1C. The first-order chi connectivity index (χ1) is 5.52. The number of nitrogens with one attached hydrogen (secondary N) is 1. The quantitative estimate of drug-likeness (QED) is 0.639. The summed E-state index contributed by atoms with van der Waals surface area (Å²) in [7, 11) is 0. The number of hydrogen-bond acceptors (Lipinski definition) is 2. The average Bonchev–Trinajstić information content (AvgIpc) is 1.96. The molecule has 0 unspecified atom stereocenters. The molecule has 0 spiro atoms. The molecule has 0 amide bonds. The predicted octanol–water partition coefficient (Wildman–Crippen LogP) is 2.19. The molecule has 0 aromatic rings. The van der Waals surface area contributed by atoms with Gasteiger partial charge in [0.05, 0.1) is 0 Å². The van der Waals surface area contributed by atoms with Gasteiger partial charge in [0.25, 0.3) is 0 Å². The Hall–Kier alpha value is -1.18. The minimum Gasteiger partial charge on any atom is -0.342 e. The summed E-state index contributed by atoms with van der Waals surface area (Å²) < 4.78 is 0. The van der Waals surface area contributed by atoms with E-state index in [-0.39, 0.29) is 0 Å². The highest BCUT2D eigenvalue weighted by molar-refractivity contribution is 5.32. The lowest BCUT2D eigenvalue weighted by Crippen LogP contribution is -2.35. The summed E-state index contributed by atoms with van der Waals surface area (Å²) in [5.74, 6) is 0.903. The van der Waals surface area contributed by atoms with Crippen LogP contribution in [0.3, 0.4) is 0 Å². The monoisotopic (exact) mass is 164 g/mol. The summed E-state index contributed by atoms with van der Waals surface area (Å²) >= 11 is 0. The zero-order valence-electron chi connectivity index (χ0n) is 8.02. The number of allylic oxidation sites excluding steroid dienone is 1. The van der Waals surface area contributed by atoms with Crippen LogP contribution in [0.2, 0.25) is 0 Å². The van der Waals surface area contributed by atoms with Gasteiger partial charge in [-0.3, -0.25) is 0 Å². The van der Waals surface area contributed by atoms with Crippen molar-refractivity contribution in [3.05, 3.63) is 36.4 Å². The van der Waals surface area contributed by atoms with Gasteiger partial charge in [0.15, 0.2) is 0 Å². The van der Waals surface area contributed by atoms with Crippen molar-refractivity contribution < 1.29 is 0 Å². The van der Waals surface area contributed by atoms with Crippen LogP contribution in [0, 0.1) is 0 Å². The van der Waals surface area contributed by atoms with E-state index in [1.165, 1.54) is 0 Å². The van der Waals surface area contributed by atoms with Crippen LogP contribution in [0.4, 0.5) is 0 Å². The van der Waals surface area contributed by atoms with Crippen LogP contribution in [0.1, 0.15) is 20.8 Å². The van der Waals surface area contributed by atoms with Crippen LogP contribution in [0.15, 0.2) is 36.4 Å². The Morgan fingerprint density at radius 3 is 2.50 bits per heavy atom. The highest BCUT2D eigenvalue weighted by Crippen LogP contribution is 2.18. The molecule has 0 aliphatic carbocycles. The Kier molecular flexibility index (Phi) is 2.27. The number of rotatable bonds is 1. The molecule has 0 saturated carbocycles. The van der Waals surface area contributed by atoms with E-state index in [0.29, 0.717) is 6.04 Å². The van der Waals surface area contributed by atoms with Gasteiger partial charge >= 0.3 is 0 Å². The molecule has 1 rings (SSSR count). The van der Waals surface area contributed by atoms with Gasteiger partial charge < -0.3 is 10.2 Å². The van der Waals surface area contributed by atoms with Crippen molar-refractivity contribution in [2.75, 3.05) is 0 Å². The Bertz CT molecular complexity index is 249. The van der Waals surface area contributed by atoms with Gasteiger partial charge in [-0.25, -0.2) is 0 Å². The largest absolute Gasteiger partial charge is 0.342 e. The zero-order valence-corrected chi connectivity index (χ0v) is 8.02. The highest BCUT2D eigenvalue weighted by atomic mass is 15.3. The first-order valence-corrected chi connectivity index (χ1v) is 4.14. The van der Waals surface area contributed by atoms with Crippen molar-refractivity contribution in [3.63, 3.8) is 0 Å². The molecule has 2 nitrogen and oxygen atoms in total. The van der Waals surface area contributed by atoms with Crippen LogP contribution < -0.4 is 5.32 Å². The first kappa shape index (κ1) is 8.91. The fourth-order valence-corrected chi connectivity index (χ4v) is 1.16. The van der Waals surface area contributed by atoms with E-state index in [1.54, 1.807) is 0 Å². The van der Waals surface area contributed by atoms with E-state index in [2.05, 4.69) is 43.4 Å². The molecular weight excluding hydrogens is 148 g/mol. The normalized spacial score (nSPS) is 18.0. The second kappa shape index (κ2) is 3.05. The Balaban J connectivity index is 2.90. The number of hydrogen-bond donors (Lipinski definition) is 1. The summed E-state index contributed by atoms with van der Waals surface area (Å²) in [6.07, 6.45) is 2.08. The van der Waals surface area contributed by atoms with Crippen molar-refractivity contribution in [3.8, 4) is 0 Å². The maximum absolute atomic E-state index is 3.91. The van der Waals surface area contributed by atoms with Gasteiger partial charge in [0.1, 0.15) is 5.82 Å². The van der Waals surface area contributed by atoms with Crippen molar-refractivity contribution >= 4 is 0 Å². The molecule has 66 valence electrons. The van der Waals surface area contributed by atoms with Crippen LogP contribution in [-0.4, -0.2) is 10.9 Å². The minimum atomic E-state index is 0.438. The third-order valence-electron chi connectivity index (χ3n) is 1.97. The van der Waals surface area contributed by atoms with Crippen molar-refractivity contribution in [1.82, 2.24) is 10.2 Å². The molecule has 1 aliphatic rings. The molecule has 0 radical (unpaired) electrons. The molecular formula is C10H16N2. The van der Waals surface area contributed by atoms with E-state index in [1.807, 2.05) is 6.92 Å². The molecule has 0 aromatic heterocycles. The number of nitrogens with zero attached hydrogens (tertiary/aromatic N) is 1. The van der Waals surface area contributed by atoms with Gasteiger partial charge in [-0.2, -0.15) is 0 Å². The van der Waals surface area contributed by atoms with Crippen molar-refractivity contribution in [1.29, 1.82) is 0 Å². The molecule has 0 atom stereocenters. The standard InChI is InChI=1S/C10H16N2/c1-7(2)12-6-8(3)9(4)11-10(12)5/h6-7,11H,4-5H2,1-3H3. The predicted molar refractivity (Wildman–Crippen MR) is 52.1 cm³/mol. The topological polar surface area (TPSA) is 15.3 Å². The molecule has 0 aromatic carbocycles. The van der Waals surface area contributed by atoms with Crippen LogP contribution in [-0.2, 0) is 0 Å². The summed E-state index contributed by atoms with van der Waals surface area (Å²) in [4.78, 5) is 2.10. The van der Waals surface area contributed by atoms with Crippen LogP contribution in [0.25, 0.3) is 0 Å². The second-order valence-electron chi connectivity index (χ2n) is 3.36. The zero-order chi connectivity index (χ0) is 9.30. The van der Waals surface area contributed by atoms with Gasteiger partial charge in [0, 0.05) is 17.9 Å². The van der Waals surface area contributed by atoms with Gasteiger partial charge in [-0.15, -0.1) is 0 Å². The van der Waals surface area contributed by atoms with E-state index >= 15 is 0 Å². The molecule has 0 bridgehead atoms. The highest BCUT2D eigenvalue weighted by Gasteiger charge is 2.15. The summed E-state index contributed by atoms with van der Waals surface area (Å²) in [6.45, 7) is 14.1. The van der Waals surface area contributed by atoms with E-state index in [4.69, 9.17) is 0 Å². The average molecular weight is 164 g/mol. The minimum absolute atomic E-state index is 0.438. The van der Waals surface area contributed by atoms with Gasteiger partial charge in [-0.05, 0) is 26.3 Å². The van der Waals surface area contributed by atoms with Crippen LogP contribution >= 0.6 is 0 Å². The molecule has 1 aliphatic heterocycles. The molecule has 0 saturated heterocycles. The molecule has 1 N–H and O–H groups in total. The second-order valence-corrected chi connectivity index (χ2v) is 3.36. The lowest BCUT2D eigenvalue weighted by atomic mass is 10.2. The van der Waals surface area contributed by atoms with Crippen LogP contribution in [0.5, 0.6) is 0 Å². The third kappa shape index (κ3) is 1.52. The first-order valence-electron chi connectivity index (χ1n) is 4.14. The van der Waals surface area contributed by atoms with Crippen molar-refractivity contribution in [2.45, 2.75) is 26.8 Å². The third-order valence-corrected chi connectivity index (χ3v) is 1.97. The summed E-state index contributed by atoms with van der Waals surface area (Å²) in [5, 5.41) is 3.13. The maximum atomic E-state index is 3.91. The molecule has 0 fully saturated rings. The van der Waals surface area contributed by atoms with Gasteiger partial charge in [-0.1, -0.05) is 13.2 Å². The Morgan fingerprint density at radius 2 is 2.00 bits per heavy atom. The molecule has 12 heavy (non-hydrogen) atoms. The smallest absolute Gasteiger partial charge is 0.103 e. The Labute approximate surface area is 74.3 Å². The summed E-state index contributed by atoms with van der Waals surface area (Å²) in [6, 6.07) is 0.438. The van der Waals surface area contributed by atoms with Gasteiger partial charge in [0.2, 0.25) is 0 Å². The molecule has 2 heteroatoms.